The van der Waals surface area contributed by atoms with Crippen LogP contribution in [0, 0.1) is 23.1 Å². The largest absolute Gasteiger partial charge is 0.356 e. The fourth-order valence-corrected chi connectivity index (χ4v) is 1.23. The second kappa shape index (κ2) is 5.23. The molecule has 0 saturated heterocycles. The highest BCUT2D eigenvalue weighted by Crippen LogP contribution is 2.16. The predicted octanol–water partition coefficient (Wildman–Crippen LogP) is 0.497. The third-order valence-corrected chi connectivity index (χ3v) is 1.98. The van der Waals surface area contributed by atoms with Gasteiger partial charge in [0.05, 0.1) is 18.2 Å². The minimum Gasteiger partial charge on any atom is -0.356 e. The van der Waals surface area contributed by atoms with E-state index in [9.17, 15) is 4.39 Å². The van der Waals surface area contributed by atoms with Crippen LogP contribution in [0.25, 0.3) is 0 Å². The van der Waals surface area contributed by atoms with Gasteiger partial charge in [0.15, 0.2) is 11.6 Å². The topological polar surface area (TPSA) is 90.9 Å². The SMILES string of the molecule is CC(C#N)CN(C)c1nc(NN)ncc1F. The smallest absolute Gasteiger partial charge is 0.239 e. The van der Waals surface area contributed by atoms with Crippen molar-refractivity contribution in [1.29, 1.82) is 5.26 Å². The minimum atomic E-state index is -0.549. The van der Waals surface area contributed by atoms with Crippen molar-refractivity contribution in [2.75, 3.05) is 23.9 Å². The summed E-state index contributed by atoms with van der Waals surface area (Å²) in [5.74, 6) is 4.61. The molecule has 1 rings (SSSR count). The zero-order valence-electron chi connectivity index (χ0n) is 9.11. The molecule has 6 nitrogen and oxygen atoms in total. The van der Waals surface area contributed by atoms with Crippen LogP contribution in [0.2, 0.25) is 0 Å². The summed E-state index contributed by atoms with van der Waals surface area (Å²) >= 11 is 0. The van der Waals surface area contributed by atoms with Crippen molar-refractivity contribution in [2.24, 2.45) is 11.8 Å². The first-order chi connectivity index (χ1) is 7.58. The van der Waals surface area contributed by atoms with Crippen LogP contribution in [0.3, 0.4) is 0 Å². The van der Waals surface area contributed by atoms with Crippen molar-refractivity contribution in [2.45, 2.75) is 6.92 Å². The van der Waals surface area contributed by atoms with E-state index in [1.807, 2.05) is 0 Å². The number of nitrogens with two attached hydrogens (primary N) is 1. The van der Waals surface area contributed by atoms with Crippen molar-refractivity contribution in [1.82, 2.24) is 9.97 Å². The summed E-state index contributed by atoms with van der Waals surface area (Å²) in [6.07, 6.45) is 1.03. The van der Waals surface area contributed by atoms with Crippen molar-refractivity contribution in [3.05, 3.63) is 12.0 Å². The summed E-state index contributed by atoms with van der Waals surface area (Å²) in [7, 11) is 1.65. The number of hydrogen-bond donors (Lipinski definition) is 2. The highest BCUT2D eigenvalue weighted by atomic mass is 19.1. The molecule has 0 bridgehead atoms. The number of nitrogens with zero attached hydrogens (tertiary/aromatic N) is 4. The summed E-state index contributed by atoms with van der Waals surface area (Å²) in [6, 6.07) is 2.07. The molecule has 0 radical (unpaired) electrons. The van der Waals surface area contributed by atoms with Crippen LogP contribution >= 0.6 is 0 Å². The number of rotatable bonds is 4. The van der Waals surface area contributed by atoms with E-state index in [0.29, 0.717) is 6.54 Å². The second-order valence-electron chi connectivity index (χ2n) is 3.42. The van der Waals surface area contributed by atoms with Gasteiger partial charge in [-0.05, 0) is 6.92 Å². The van der Waals surface area contributed by atoms with E-state index >= 15 is 0 Å². The van der Waals surface area contributed by atoms with E-state index in [4.69, 9.17) is 11.1 Å². The molecule has 16 heavy (non-hydrogen) atoms. The number of nitriles is 1. The maximum atomic E-state index is 13.4. The molecule has 1 aromatic heterocycles. The maximum absolute atomic E-state index is 13.4. The Labute approximate surface area is 92.9 Å². The quantitative estimate of drug-likeness (QED) is 0.571. The van der Waals surface area contributed by atoms with E-state index in [1.54, 1.807) is 18.9 Å². The third kappa shape index (κ3) is 2.77. The highest BCUT2D eigenvalue weighted by Gasteiger charge is 2.13. The van der Waals surface area contributed by atoms with Crippen LogP contribution in [0.5, 0.6) is 0 Å². The first kappa shape index (κ1) is 12.1. The molecule has 86 valence electrons. The van der Waals surface area contributed by atoms with Gasteiger partial charge in [-0.15, -0.1) is 0 Å². The first-order valence-electron chi connectivity index (χ1n) is 4.68. The molecular weight excluding hydrogens is 211 g/mol. The van der Waals surface area contributed by atoms with E-state index < -0.39 is 5.82 Å². The Balaban J connectivity index is 2.90. The number of anilines is 2. The Morgan fingerprint density at radius 3 is 3.00 bits per heavy atom. The van der Waals surface area contributed by atoms with Gasteiger partial charge in [-0.2, -0.15) is 10.2 Å². The number of halogens is 1. The van der Waals surface area contributed by atoms with Crippen LogP contribution in [-0.2, 0) is 0 Å². The lowest BCUT2D eigenvalue weighted by atomic mass is 10.2. The van der Waals surface area contributed by atoms with Crippen LogP contribution in [0.4, 0.5) is 16.2 Å². The Bertz CT molecular complexity index is 401. The number of hydrazine groups is 1. The van der Waals surface area contributed by atoms with Gasteiger partial charge in [-0.3, -0.25) is 5.43 Å². The molecule has 0 saturated carbocycles. The molecular formula is C9H13FN6. The number of nitrogen functional groups attached to an aromatic ring is 1. The summed E-state index contributed by atoms with van der Waals surface area (Å²) < 4.78 is 13.4. The van der Waals surface area contributed by atoms with Gasteiger partial charge in [0, 0.05) is 13.6 Å². The molecule has 7 heteroatoms. The zero-order chi connectivity index (χ0) is 12.1. The Morgan fingerprint density at radius 2 is 2.44 bits per heavy atom. The molecule has 0 amide bonds. The van der Waals surface area contributed by atoms with Gasteiger partial charge in [0.1, 0.15) is 0 Å². The molecule has 1 atom stereocenters. The Morgan fingerprint density at radius 1 is 1.75 bits per heavy atom. The lowest BCUT2D eigenvalue weighted by Gasteiger charge is -2.19. The van der Waals surface area contributed by atoms with Gasteiger partial charge in [-0.25, -0.2) is 15.2 Å². The molecule has 0 aliphatic heterocycles. The Kier molecular flexibility index (Phi) is 3.96. The third-order valence-electron chi connectivity index (χ3n) is 1.98. The summed E-state index contributed by atoms with van der Waals surface area (Å²) in [5, 5.41) is 8.67. The number of aromatic nitrogens is 2. The second-order valence-corrected chi connectivity index (χ2v) is 3.42. The molecule has 3 N–H and O–H groups in total. The molecule has 1 aromatic rings. The number of hydrogen-bond acceptors (Lipinski definition) is 6. The van der Waals surface area contributed by atoms with Crippen molar-refractivity contribution >= 4 is 11.8 Å². The van der Waals surface area contributed by atoms with E-state index in [-0.39, 0.29) is 17.7 Å². The van der Waals surface area contributed by atoms with Gasteiger partial charge in [0.25, 0.3) is 0 Å². The Hall–Kier alpha value is -1.94. The van der Waals surface area contributed by atoms with Gasteiger partial charge in [0.2, 0.25) is 5.95 Å². The summed E-state index contributed by atoms with van der Waals surface area (Å²) in [5.41, 5.74) is 2.24. The van der Waals surface area contributed by atoms with Crippen LogP contribution < -0.4 is 16.2 Å². The molecule has 1 unspecified atom stereocenters. The average Bonchev–Trinajstić information content (AvgIpc) is 2.29. The van der Waals surface area contributed by atoms with E-state index in [1.165, 1.54) is 0 Å². The molecule has 0 aliphatic carbocycles. The fourth-order valence-electron chi connectivity index (χ4n) is 1.23. The first-order valence-corrected chi connectivity index (χ1v) is 4.68. The van der Waals surface area contributed by atoms with Crippen LogP contribution in [-0.4, -0.2) is 23.6 Å². The van der Waals surface area contributed by atoms with Crippen LogP contribution in [0.15, 0.2) is 6.20 Å². The van der Waals surface area contributed by atoms with Crippen molar-refractivity contribution in [3.63, 3.8) is 0 Å². The predicted molar refractivity (Wildman–Crippen MR) is 57.8 cm³/mol. The molecule has 1 heterocycles. The molecule has 0 aromatic carbocycles. The minimum absolute atomic E-state index is 0.116. The van der Waals surface area contributed by atoms with Crippen molar-refractivity contribution in [3.8, 4) is 6.07 Å². The molecule has 0 spiro atoms. The number of nitrogens with one attached hydrogen (secondary N) is 1. The van der Waals surface area contributed by atoms with Gasteiger partial charge in [-0.1, -0.05) is 0 Å². The fraction of sp³-hybridized carbons (Fsp3) is 0.444. The van der Waals surface area contributed by atoms with Crippen LogP contribution in [0.1, 0.15) is 6.92 Å². The molecule has 0 aliphatic rings. The van der Waals surface area contributed by atoms with Gasteiger partial charge >= 0.3 is 0 Å². The van der Waals surface area contributed by atoms with Crippen molar-refractivity contribution < 1.29 is 4.39 Å². The normalized spacial score (nSPS) is 11.7. The summed E-state index contributed by atoms with van der Waals surface area (Å²) in [6.45, 7) is 2.13. The monoisotopic (exact) mass is 224 g/mol. The van der Waals surface area contributed by atoms with E-state index in [2.05, 4.69) is 21.5 Å². The standard InChI is InChI=1S/C9H13FN6/c1-6(3-11)5-16(2)8-7(10)4-13-9(14-8)15-12/h4,6H,5,12H2,1-2H3,(H,13,14,15). The lowest BCUT2D eigenvalue weighted by Crippen LogP contribution is -2.26. The lowest BCUT2D eigenvalue weighted by molar-refractivity contribution is 0.600. The summed E-state index contributed by atoms with van der Waals surface area (Å²) in [4.78, 5) is 9.04. The van der Waals surface area contributed by atoms with E-state index in [0.717, 1.165) is 6.20 Å². The highest BCUT2D eigenvalue weighted by molar-refractivity contribution is 5.42. The average molecular weight is 224 g/mol. The maximum Gasteiger partial charge on any atom is 0.239 e. The molecule has 0 fully saturated rings. The zero-order valence-corrected chi connectivity index (χ0v) is 9.11. The van der Waals surface area contributed by atoms with Gasteiger partial charge < -0.3 is 4.90 Å².